The number of anilines is 1. The number of nitriles is 1. The van der Waals surface area contributed by atoms with Gasteiger partial charge < -0.3 is 4.90 Å². The molecule has 2 nitrogen and oxygen atoms in total. The van der Waals surface area contributed by atoms with Crippen molar-refractivity contribution in [1.29, 1.82) is 5.26 Å². The summed E-state index contributed by atoms with van der Waals surface area (Å²) in [5.74, 6) is 1.83. The second kappa shape index (κ2) is 6.86. The Balaban J connectivity index is 2.25. The average Bonchev–Trinajstić information content (AvgIpc) is 2.38. The Morgan fingerprint density at radius 3 is 2.68 bits per heavy atom. The maximum absolute atomic E-state index is 9.49. The van der Waals surface area contributed by atoms with Gasteiger partial charge in [-0.2, -0.15) is 5.26 Å². The Bertz CT molecular complexity index is 460. The number of thioether (sulfide) groups is 1. The van der Waals surface area contributed by atoms with Gasteiger partial charge in [-0.05, 0) is 43.6 Å². The van der Waals surface area contributed by atoms with E-state index in [1.54, 1.807) is 11.8 Å². The summed E-state index contributed by atoms with van der Waals surface area (Å²) >= 11 is 1.76. The third-order valence-corrected chi connectivity index (χ3v) is 4.78. The molecule has 1 aromatic carbocycles. The van der Waals surface area contributed by atoms with Gasteiger partial charge in [0.25, 0.3) is 0 Å². The van der Waals surface area contributed by atoms with Crippen LogP contribution in [0.2, 0.25) is 0 Å². The molecule has 0 N–H and O–H groups in total. The highest BCUT2D eigenvalue weighted by Crippen LogP contribution is 2.33. The molecule has 0 aliphatic heterocycles. The van der Waals surface area contributed by atoms with E-state index in [4.69, 9.17) is 0 Å². The van der Waals surface area contributed by atoms with Gasteiger partial charge in [0.05, 0.1) is 11.3 Å². The van der Waals surface area contributed by atoms with E-state index >= 15 is 0 Å². The standard InChI is InChI=1S/C16H22N2S/c1-3-18(12-13-7-5-8-13)15-9-6-10-16(19-4-2)14(15)11-17/h6,9-10,13H,3-5,7-8,12H2,1-2H3. The number of benzene rings is 1. The zero-order valence-electron chi connectivity index (χ0n) is 11.9. The van der Waals surface area contributed by atoms with Crippen molar-refractivity contribution in [1.82, 2.24) is 0 Å². The number of nitrogens with zero attached hydrogens (tertiary/aromatic N) is 2. The minimum Gasteiger partial charge on any atom is -0.370 e. The Morgan fingerprint density at radius 1 is 1.37 bits per heavy atom. The van der Waals surface area contributed by atoms with Crippen molar-refractivity contribution in [3.8, 4) is 6.07 Å². The highest BCUT2D eigenvalue weighted by molar-refractivity contribution is 7.99. The monoisotopic (exact) mass is 274 g/mol. The van der Waals surface area contributed by atoms with Crippen molar-refractivity contribution < 1.29 is 0 Å². The topological polar surface area (TPSA) is 27.0 Å². The normalized spacial score (nSPS) is 14.8. The van der Waals surface area contributed by atoms with Crippen LogP contribution in [0.3, 0.4) is 0 Å². The lowest BCUT2D eigenvalue weighted by Gasteiger charge is -2.33. The fourth-order valence-electron chi connectivity index (χ4n) is 2.56. The molecule has 3 heteroatoms. The molecule has 0 radical (unpaired) electrons. The first-order valence-electron chi connectivity index (χ1n) is 7.21. The van der Waals surface area contributed by atoms with Crippen LogP contribution in [-0.4, -0.2) is 18.8 Å². The summed E-state index contributed by atoms with van der Waals surface area (Å²) < 4.78 is 0. The van der Waals surface area contributed by atoms with E-state index in [1.165, 1.54) is 19.3 Å². The van der Waals surface area contributed by atoms with Gasteiger partial charge in [0, 0.05) is 18.0 Å². The zero-order valence-corrected chi connectivity index (χ0v) is 12.7. The quantitative estimate of drug-likeness (QED) is 0.724. The van der Waals surface area contributed by atoms with Crippen molar-refractivity contribution in [2.24, 2.45) is 5.92 Å². The SMILES string of the molecule is CCSc1cccc(N(CC)CC2CCC2)c1C#N. The van der Waals surface area contributed by atoms with Gasteiger partial charge in [0.2, 0.25) is 0 Å². The lowest BCUT2D eigenvalue weighted by atomic mass is 9.85. The first-order valence-corrected chi connectivity index (χ1v) is 8.19. The Hall–Kier alpha value is -1.14. The van der Waals surface area contributed by atoms with Gasteiger partial charge >= 0.3 is 0 Å². The molecule has 0 spiro atoms. The molecular formula is C16H22N2S. The molecule has 1 saturated carbocycles. The summed E-state index contributed by atoms with van der Waals surface area (Å²) in [6.07, 6.45) is 4.07. The van der Waals surface area contributed by atoms with Gasteiger partial charge in [-0.25, -0.2) is 0 Å². The van der Waals surface area contributed by atoms with Crippen molar-refractivity contribution >= 4 is 17.4 Å². The molecular weight excluding hydrogens is 252 g/mol. The van der Waals surface area contributed by atoms with Crippen LogP contribution < -0.4 is 4.90 Å². The van der Waals surface area contributed by atoms with Crippen molar-refractivity contribution in [3.05, 3.63) is 23.8 Å². The maximum atomic E-state index is 9.49. The highest BCUT2D eigenvalue weighted by Gasteiger charge is 2.22. The molecule has 0 aromatic heterocycles. The van der Waals surface area contributed by atoms with Crippen LogP contribution in [0.25, 0.3) is 0 Å². The van der Waals surface area contributed by atoms with E-state index in [2.05, 4.69) is 43.0 Å². The fraction of sp³-hybridized carbons (Fsp3) is 0.562. The minimum absolute atomic E-state index is 0.828. The summed E-state index contributed by atoms with van der Waals surface area (Å²) in [7, 11) is 0. The Kier molecular flexibility index (Phi) is 5.15. The second-order valence-corrected chi connectivity index (χ2v) is 6.34. The molecule has 1 aliphatic rings. The number of hydrogen-bond acceptors (Lipinski definition) is 3. The number of rotatable bonds is 6. The molecule has 1 aliphatic carbocycles. The molecule has 0 amide bonds. The first kappa shape index (κ1) is 14.3. The summed E-state index contributed by atoms with van der Waals surface area (Å²) in [5.41, 5.74) is 1.98. The van der Waals surface area contributed by atoms with Crippen LogP contribution >= 0.6 is 11.8 Å². The van der Waals surface area contributed by atoms with E-state index < -0.39 is 0 Å². The summed E-state index contributed by atoms with van der Waals surface area (Å²) in [5, 5.41) is 9.49. The molecule has 0 heterocycles. The molecule has 102 valence electrons. The maximum Gasteiger partial charge on any atom is 0.103 e. The van der Waals surface area contributed by atoms with Crippen LogP contribution in [0.1, 0.15) is 38.7 Å². The summed E-state index contributed by atoms with van der Waals surface area (Å²) in [6.45, 7) is 6.39. The van der Waals surface area contributed by atoms with Gasteiger partial charge in [-0.15, -0.1) is 11.8 Å². The van der Waals surface area contributed by atoms with Gasteiger partial charge in [0.15, 0.2) is 0 Å². The third-order valence-electron chi connectivity index (χ3n) is 3.84. The predicted molar refractivity (Wildman–Crippen MR) is 82.8 cm³/mol. The van der Waals surface area contributed by atoms with E-state index in [-0.39, 0.29) is 0 Å². The van der Waals surface area contributed by atoms with Crippen LogP contribution in [-0.2, 0) is 0 Å². The Morgan fingerprint density at radius 2 is 2.16 bits per heavy atom. The third kappa shape index (κ3) is 3.25. The van der Waals surface area contributed by atoms with E-state index in [9.17, 15) is 5.26 Å². The van der Waals surface area contributed by atoms with Gasteiger partial charge in [0.1, 0.15) is 6.07 Å². The lowest BCUT2D eigenvalue weighted by molar-refractivity contribution is 0.318. The molecule has 1 fully saturated rings. The summed E-state index contributed by atoms with van der Waals surface area (Å²) in [6, 6.07) is 8.65. The van der Waals surface area contributed by atoms with Crippen LogP contribution in [0.4, 0.5) is 5.69 Å². The van der Waals surface area contributed by atoms with Crippen LogP contribution in [0.5, 0.6) is 0 Å². The lowest BCUT2D eigenvalue weighted by Crippen LogP contribution is -2.32. The molecule has 0 saturated heterocycles. The van der Waals surface area contributed by atoms with E-state index in [0.29, 0.717) is 0 Å². The van der Waals surface area contributed by atoms with E-state index in [1.807, 2.05) is 0 Å². The highest BCUT2D eigenvalue weighted by atomic mass is 32.2. The number of hydrogen-bond donors (Lipinski definition) is 0. The van der Waals surface area contributed by atoms with Crippen molar-refractivity contribution in [3.63, 3.8) is 0 Å². The molecule has 19 heavy (non-hydrogen) atoms. The minimum atomic E-state index is 0.828. The molecule has 0 atom stereocenters. The van der Waals surface area contributed by atoms with Crippen molar-refractivity contribution in [2.75, 3.05) is 23.7 Å². The van der Waals surface area contributed by atoms with Crippen LogP contribution in [0, 0.1) is 17.2 Å². The molecule has 2 rings (SSSR count). The van der Waals surface area contributed by atoms with Gasteiger partial charge in [-0.3, -0.25) is 0 Å². The Labute approximate surface area is 120 Å². The predicted octanol–water partition coefficient (Wildman–Crippen LogP) is 4.30. The zero-order chi connectivity index (χ0) is 13.7. The summed E-state index contributed by atoms with van der Waals surface area (Å²) in [4.78, 5) is 3.50. The molecule has 0 unspecified atom stereocenters. The van der Waals surface area contributed by atoms with Crippen LogP contribution in [0.15, 0.2) is 23.1 Å². The smallest absolute Gasteiger partial charge is 0.103 e. The molecule has 0 bridgehead atoms. The average molecular weight is 274 g/mol. The van der Waals surface area contributed by atoms with Gasteiger partial charge in [-0.1, -0.05) is 19.4 Å². The fourth-order valence-corrected chi connectivity index (χ4v) is 3.34. The molecule has 1 aromatic rings. The largest absolute Gasteiger partial charge is 0.370 e. The van der Waals surface area contributed by atoms with Crippen molar-refractivity contribution in [2.45, 2.75) is 38.0 Å². The second-order valence-electron chi connectivity index (χ2n) is 5.03. The van der Waals surface area contributed by atoms with E-state index in [0.717, 1.165) is 40.9 Å². The first-order chi connectivity index (χ1) is 9.30.